The average molecular weight is 392 g/mol. The Morgan fingerprint density at radius 3 is 2.38 bits per heavy atom. The van der Waals surface area contributed by atoms with E-state index in [4.69, 9.17) is 27.9 Å². The molecule has 2 aromatic rings. The number of carbonyl (C=O) groups is 1. The third kappa shape index (κ3) is 4.59. The van der Waals surface area contributed by atoms with Crippen LogP contribution in [0.4, 0.5) is 5.69 Å². The van der Waals surface area contributed by atoms with E-state index in [0.717, 1.165) is 18.7 Å². The van der Waals surface area contributed by atoms with E-state index in [9.17, 15) is 4.79 Å². The second-order valence-corrected chi connectivity index (χ2v) is 7.88. The number of carbonyl (C=O) groups excluding carboxylic acids is 1. The van der Waals surface area contributed by atoms with E-state index in [0.29, 0.717) is 33.5 Å². The predicted molar refractivity (Wildman–Crippen MR) is 107 cm³/mol. The molecule has 3 unspecified atom stereocenters. The van der Waals surface area contributed by atoms with Gasteiger partial charge >= 0.3 is 0 Å². The Morgan fingerprint density at radius 2 is 1.77 bits per heavy atom. The van der Waals surface area contributed by atoms with Gasteiger partial charge in [0, 0.05) is 5.69 Å². The summed E-state index contributed by atoms with van der Waals surface area (Å²) in [5.74, 6) is 0.827. The van der Waals surface area contributed by atoms with Crippen LogP contribution in [0.25, 0.3) is 0 Å². The molecule has 1 fully saturated rings. The van der Waals surface area contributed by atoms with Gasteiger partial charge in [0.2, 0.25) is 0 Å². The molecule has 0 bridgehead atoms. The summed E-state index contributed by atoms with van der Waals surface area (Å²) in [5.41, 5.74) is 2.26. The highest BCUT2D eigenvalue weighted by molar-refractivity contribution is 6.40. The number of rotatable bonds is 4. The van der Waals surface area contributed by atoms with Gasteiger partial charge in [0.25, 0.3) is 5.91 Å². The van der Waals surface area contributed by atoms with Crippen molar-refractivity contribution in [1.29, 1.82) is 0 Å². The van der Waals surface area contributed by atoms with Crippen LogP contribution in [0.1, 0.15) is 36.2 Å². The highest BCUT2D eigenvalue weighted by atomic mass is 35.5. The molecule has 0 spiro atoms. The molecule has 0 aromatic heterocycles. The molecule has 0 radical (unpaired) electrons. The monoisotopic (exact) mass is 391 g/mol. The minimum absolute atomic E-state index is 0.294. The van der Waals surface area contributed by atoms with E-state index in [-0.39, 0.29) is 5.91 Å². The van der Waals surface area contributed by atoms with Gasteiger partial charge in [-0.25, -0.2) is 0 Å². The van der Waals surface area contributed by atoms with Crippen LogP contribution in [-0.4, -0.2) is 18.6 Å². The van der Waals surface area contributed by atoms with Crippen LogP contribution in [0, 0.1) is 11.8 Å². The van der Waals surface area contributed by atoms with Crippen molar-refractivity contribution in [2.45, 2.75) is 32.8 Å². The summed E-state index contributed by atoms with van der Waals surface area (Å²) < 4.78 is 5.84. The first kappa shape index (κ1) is 19.2. The fourth-order valence-corrected chi connectivity index (χ4v) is 3.91. The fraction of sp³-hybridized carbons (Fsp3) is 0.381. The highest BCUT2D eigenvalue weighted by Crippen LogP contribution is 2.28. The van der Waals surface area contributed by atoms with Crippen molar-refractivity contribution in [3.63, 3.8) is 0 Å². The molecular weight excluding hydrogens is 369 g/mol. The molecule has 0 aliphatic carbocycles. The Morgan fingerprint density at radius 1 is 1.12 bits per heavy atom. The van der Waals surface area contributed by atoms with E-state index in [1.807, 2.05) is 24.3 Å². The summed E-state index contributed by atoms with van der Waals surface area (Å²) in [4.78, 5) is 12.4. The predicted octanol–water partition coefficient (Wildman–Crippen LogP) is 5.85. The molecule has 1 amide bonds. The van der Waals surface area contributed by atoms with Crippen LogP contribution in [0.3, 0.4) is 0 Å². The summed E-state index contributed by atoms with van der Waals surface area (Å²) in [6, 6.07) is 12.9. The van der Waals surface area contributed by atoms with E-state index in [1.165, 1.54) is 12.0 Å². The summed E-state index contributed by atoms with van der Waals surface area (Å²) in [7, 11) is 0. The molecule has 138 valence electrons. The molecule has 2 aromatic carbocycles. The number of benzene rings is 2. The Balaban J connectivity index is 1.62. The number of nitrogens with one attached hydrogen (secondary N) is 1. The van der Waals surface area contributed by atoms with Crippen molar-refractivity contribution < 1.29 is 9.53 Å². The quantitative estimate of drug-likeness (QED) is 0.709. The van der Waals surface area contributed by atoms with Crippen LogP contribution in [0.5, 0.6) is 0 Å². The second-order valence-electron chi connectivity index (χ2n) is 7.07. The van der Waals surface area contributed by atoms with E-state index < -0.39 is 0 Å². The number of halogens is 2. The highest BCUT2D eigenvalue weighted by Gasteiger charge is 2.25. The first-order valence-corrected chi connectivity index (χ1v) is 9.65. The molecule has 1 aliphatic heterocycles. The SMILES string of the molecule is CC1CC(Cc2ccc(NC(=O)c3c(Cl)cccc3Cl)cc2)COC1C. The summed E-state index contributed by atoms with van der Waals surface area (Å²) in [5, 5.41) is 3.53. The summed E-state index contributed by atoms with van der Waals surface area (Å²) in [6.45, 7) is 5.20. The van der Waals surface area contributed by atoms with Gasteiger partial charge in [-0.3, -0.25) is 4.79 Å². The zero-order valence-electron chi connectivity index (χ0n) is 15.0. The van der Waals surface area contributed by atoms with E-state index >= 15 is 0 Å². The first-order valence-electron chi connectivity index (χ1n) is 8.90. The lowest BCUT2D eigenvalue weighted by Gasteiger charge is -2.32. The van der Waals surface area contributed by atoms with Gasteiger partial charge < -0.3 is 10.1 Å². The molecule has 5 heteroatoms. The van der Waals surface area contributed by atoms with Crippen molar-refractivity contribution in [2.24, 2.45) is 11.8 Å². The lowest BCUT2D eigenvalue weighted by atomic mass is 9.86. The maximum Gasteiger partial charge on any atom is 0.258 e. The topological polar surface area (TPSA) is 38.3 Å². The van der Waals surface area contributed by atoms with Crippen LogP contribution in [-0.2, 0) is 11.2 Å². The Kier molecular flexibility index (Phi) is 6.23. The zero-order chi connectivity index (χ0) is 18.7. The number of hydrogen-bond acceptors (Lipinski definition) is 2. The maximum atomic E-state index is 12.4. The van der Waals surface area contributed by atoms with E-state index in [2.05, 4.69) is 19.2 Å². The molecular formula is C21H23Cl2NO2. The standard InChI is InChI=1S/C21H23Cl2NO2/c1-13-10-16(12-26-14(13)2)11-15-6-8-17(9-7-15)24-21(25)20-18(22)4-3-5-19(20)23/h3-9,13-14,16H,10-12H2,1-2H3,(H,24,25). The average Bonchev–Trinajstić information content (AvgIpc) is 2.60. The lowest BCUT2D eigenvalue weighted by Crippen LogP contribution is -2.31. The van der Waals surface area contributed by atoms with E-state index in [1.54, 1.807) is 18.2 Å². The van der Waals surface area contributed by atoms with Crippen molar-refractivity contribution in [1.82, 2.24) is 0 Å². The third-order valence-corrected chi connectivity index (χ3v) is 5.66. The van der Waals surface area contributed by atoms with Gasteiger partial charge in [0.1, 0.15) is 0 Å². The second kappa shape index (κ2) is 8.43. The Labute approximate surface area is 164 Å². The molecule has 3 rings (SSSR count). The minimum Gasteiger partial charge on any atom is -0.378 e. The molecule has 3 nitrogen and oxygen atoms in total. The van der Waals surface area contributed by atoms with Crippen LogP contribution >= 0.6 is 23.2 Å². The molecule has 3 atom stereocenters. The molecule has 1 N–H and O–H groups in total. The molecule has 1 saturated heterocycles. The van der Waals surface area contributed by atoms with Crippen molar-refractivity contribution in [2.75, 3.05) is 11.9 Å². The summed E-state index contributed by atoms with van der Waals surface area (Å²) >= 11 is 12.2. The normalized spacial score (nSPS) is 22.8. The summed E-state index contributed by atoms with van der Waals surface area (Å²) in [6.07, 6.45) is 2.52. The molecule has 26 heavy (non-hydrogen) atoms. The number of hydrogen-bond donors (Lipinski definition) is 1. The molecule has 1 aliphatic rings. The number of ether oxygens (including phenoxy) is 1. The van der Waals surface area contributed by atoms with Gasteiger partial charge in [-0.15, -0.1) is 0 Å². The number of anilines is 1. The van der Waals surface area contributed by atoms with Crippen molar-refractivity contribution in [3.8, 4) is 0 Å². The van der Waals surface area contributed by atoms with Gasteiger partial charge in [0.05, 0.1) is 28.3 Å². The smallest absolute Gasteiger partial charge is 0.258 e. The largest absolute Gasteiger partial charge is 0.378 e. The van der Waals surface area contributed by atoms with Crippen LogP contribution in [0.15, 0.2) is 42.5 Å². The molecule has 1 heterocycles. The van der Waals surface area contributed by atoms with Gasteiger partial charge in [0.15, 0.2) is 0 Å². The van der Waals surface area contributed by atoms with Crippen LogP contribution < -0.4 is 5.32 Å². The van der Waals surface area contributed by atoms with Crippen LogP contribution in [0.2, 0.25) is 10.0 Å². The first-order chi connectivity index (χ1) is 12.4. The zero-order valence-corrected chi connectivity index (χ0v) is 16.5. The third-order valence-electron chi connectivity index (χ3n) is 5.03. The van der Waals surface area contributed by atoms with Crippen molar-refractivity contribution in [3.05, 3.63) is 63.6 Å². The van der Waals surface area contributed by atoms with Gasteiger partial charge in [-0.2, -0.15) is 0 Å². The van der Waals surface area contributed by atoms with Crippen molar-refractivity contribution >= 4 is 34.8 Å². The fourth-order valence-electron chi connectivity index (χ4n) is 3.35. The van der Waals surface area contributed by atoms with Gasteiger partial charge in [-0.05, 0) is 61.4 Å². The number of amides is 1. The minimum atomic E-state index is -0.308. The Bertz CT molecular complexity index is 756. The van der Waals surface area contributed by atoms with Gasteiger partial charge in [-0.1, -0.05) is 48.3 Å². The Hall–Kier alpha value is -1.55. The lowest BCUT2D eigenvalue weighted by molar-refractivity contribution is -0.0397. The molecule has 0 saturated carbocycles. The maximum absolute atomic E-state index is 12.4.